The van der Waals surface area contributed by atoms with E-state index in [1.54, 1.807) is 0 Å². The molecule has 0 radical (unpaired) electrons. The van der Waals surface area contributed by atoms with Crippen molar-refractivity contribution in [1.29, 1.82) is 0 Å². The second-order valence-electron chi connectivity index (χ2n) is 21.1. The largest absolute Gasteiger partial charge is 0.352 e. The average Bonchev–Trinajstić information content (AvgIpc) is 3.68. The van der Waals surface area contributed by atoms with Gasteiger partial charge in [0.15, 0.2) is 36.4 Å². The molecule has 0 aromatic heterocycles. The Morgan fingerprint density at radius 2 is 0.969 bits per heavy atom. The fourth-order valence-electron chi connectivity index (χ4n) is 13.0. The molecule has 8 saturated heterocycles. The predicted octanol–water partition coefficient (Wildman–Crippen LogP) is 8.47. The number of ether oxygens (including phenoxy) is 6. The number of nitrogens with one attached hydrogen (secondary N) is 2. The first kappa shape index (κ1) is 45.7. The monoisotopic (exact) mass is 902 g/mol. The van der Waals surface area contributed by atoms with E-state index in [1.165, 1.54) is 0 Å². The molecule has 2 N–H and O–H groups in total. The highest BCUT2D eigenvalue weighted by molar-refractivity contribution is 5.94. The molecule has 2 aliphatic carbocycles. The maximum Gasteiger partial charge on any atom is 0.251 e. The fraction of sp³-hybridized carbons (Fsp3) is 0.725. The van der Waals surface area contributed by atoms with E-state index in [0.717, 1.165) is 81.8 Å². The van der Waals surface area contributed by atoms with Crippen molar-refractivity contribution in [2.75, 3.05) is 13.1 Å². The summed E-state index contributed by atoms with van der Waals surface area (Å²) in [6.07, 6.45) is 8.34. The molecule has 14 heteroatoms. The SMILES string of the molecule is C[C@@H]1CCC2[C@@H](C)[C@@H](OCc3ccc(C(=O)NCCCCCNC(=O)c4ccc(CO[C@H]5OC6OC7(C)CCC8[C@H](C)CCC([C@H]5C)[C@@]68OO7)cc4)cc3)OC3OC4(C)CCC1[C@]32OO4. The summed E-state index contributed by atoms with van der Waals surface area (Å²) in [5.41, 5.74) is 1.89. The number of hydrogen-bond acceptors (Lipinski definition) is 12. The number of hydrogen-bond donors (Lipinski definition) is 2. The normalized spacial score (nSPS) is 42.6. The van der Waals surface area contributed by atoms with Gasteiger partial charge in [0.2, 0.25) is 11.6 Å². The molecular weight excluding hydrogens is 833 g/mol. The molecular formula is C51H70N2O12. The number of rotatable bonds is 14. The summed E-state index contributed by atoms with van der Waals surface area (Å²) in [4.78, 5) is 50.3. The third-order valence-electron chi connectivity index (χ3n) is 16.9. The van der Waals surface area contributed by atoms with E-state index in [1.807, 2.05) is 62.4 Å². The van der Waals surface area contributed by atoms with E-state index in [9.17, 15) is 9.59 Å². The van der Waals surface area contributed by atoms with Crippen LogP contribution >= 0.6 is 0 Å². The molecule has 16 atom stereocenters. The maximum absolute atomic E-state index is 12.9. The summed E-state index contributed by atoms with van der Waals surface area (Å²) in [5, 5.41) is 6.06. The first-order valence-corrected chi connectivity index (χ1v) is 24.7. The fourth-order valence-corrected chi connectivity index (χ4v) is 13.0. The first-order valence-electron chi connectivity index (χ1n) is 24.7. The predicted molar refractivity (Wildman–Crippen MR) is 235 cm³/mol. The van der Waals surface area contributed by atoms with Crippen LogP contribution in [-0.4, -0.2) is 72.8 Å². The van der Waals surface area contributed by atoms with Gasteiger partial charge in [-0.1, -0.05) is 52.0 Å². The van der Waals surface area contributed by atoms with Crippen molar-refractivity contribution in [3.63, 3.8) is 0 Å². The van der Waals surface area contributed by atoms with Gasteiger partial charge < -0.3 is 39.1 Å². The molecule has 14 nitrogen and oxygen atoms in total. The summed E-state index contributed by atoms with van der Waals surface area (Å²) in [5.74, 6) is 0.340. The summed E-state index contributed by atoms with van der Waals surface area (Å²) in [7, 11) is 0. The lowest BCUT2D eigenvalue weighted by atomic mass is 9.58. The molecule has 2 spiro atoms. The van der Waals surface area contributed by atoms with Gasteiger partial charge in [0.05, 0.1) is 13.2 Å². The number of carbonyl (C=O) groups excluding carboxylic acids is 2. The van der Waals surface area contributed by atoms with E-state index < -0.39 is 47.9 Å². The lowest BCUT2D eigenvalue weighted by Crippen LogP contribution is -2.70. The standard InChI is InChI=1S/C51H70N2O12/c1-30-10-20-40-32(3)44(58-46-50(40)38(30)22-24-48(5,60-46)62-64-50)56-28-34-12-16-36(17-13-34)42(54)52-26-8-7-9-27-53-43(55)37-18-14-35(15-19-37)29-57-45-33(4)41-21-11-31(2)39-23-25-49(6)61-47(59-45)51(39,41)65-63-49/h12-19,30-33,38-41,44-47H,7-11,20-29H2,1-6H3,(H,52,54)(H,53,55)/t30-,31-,32-,33-,38?,39?,40?,41?,44+,45+,46?,47?,48?,49?,50-,51-/m1/s1. The van der Waals surface area contributed by atoms with Gasteiger partial charge in [-0.05, 0) is 131 Å². The smallest absolute Gasteiger partial charge is 0.251 e. The molecule has 2 aromatic carbocycles. The van der Waals surface area contributed by atoms with Gasteiger partial charge in [0.25, 0.3) is 11.8 Å². The van der Waals surface area contributed by atoms with E-state index in [4.69, 9.17) is 48.0 Å². The molecule has 8 aliphatic heterocycles. The topological polar surface area (TPSA) is 150 Å². The molecule has 10 aliphatic rings. The van der Waals surface area contributed by atoms with Crippen LogP contribution in [0.2, 0.25) is 0 Å². The Labute approximate surface area is 383 Å². The van der Waals surface area contributed by atoms with Gasteiger partial charge >= 0.3 is 0 Å². The van der Waals surface area contributed by atoms with Gasteiger partial charge in [-0.3, -0.25) is 9.59 Å². The highest BCUT2D eigenvalue weighted by Gasteiger charge is 2.71. The van der Waals surface area contributed by atoms with Crippen LogP contribution in [0.25, 0.3) is 0 Å². The van der Waals surface area contributed by atoms with Crippen LogP contribution < -0.4 is 10.6 Å². The lowest BCUT2D eigenvalue weighted by Gasteiger charge is -2.60. The molecule has 356 valence electrons. The van der Waals surface area contributed by atoms with Crippen molar-refractivity contribution in [3.8, 4) is 0 Å². The summed E-state index contributed by atoms with van der Waals surface area (Å²) in [6.45, 7) is 14.7. The Hall–Kier alpha value is -3.02. The molecule has 8 heterocycles. The zero-order chi connectivity index (χ0) is 45.1. The molecule has 10 fully saturated rings. The van der Waals surface area contributed by atoms with Crippen LogP contribution in [0.3, 0.4) is 0 Å². The van der Waals surface area contributed by atoms with Gasteiger partial charge in [0.1, 0.15) is 0 Å². The van der Waals surface area contributed by atoms with Gasteiger partial charge in [-0.15, -0.1) is 0 Å². The number of benzene rings is 2. The van der Waals surface area contributed by atoms with Crippen molar-refractivity contribution < 1.29 is 57.6 Å². The second kappa shape index (κ2) is 18.1. The van der Waals surface area contributed by atoms with Crippen molar-refractivity contribution in [2.45, 2.75) is 173 Å². The Balaban J connectivity index is 0.619. The molecule has 2 saturated carbocycles. The van der Waals surface area contributed by atoms with Gasteiger partial charge in [0, 0.05) is 60.7 Å². The Bertz CT molecular complexity index is 1880. The molecule has 12 rings (SSSR count). The number of fused-ring (bicyclic) bond motifs is 4. The Kier molecular flexibility index (Phi) is 12.8. The van der Waals surface area contributed by atoms with Crippen molar-refractivity contribution in [1.82, 2.24) is 10.6 Å². The Morgan fingerprint density at radius 3 is 1.38 bits per heavy atom. The van der Waals surface area contributed by atoms with Crippen LogP contribution in [0.4, 0.5) is 0 Å². The van der Waals surface area contributed by atoms with Crippen LogP contribution in [0.5, 0.6) is 0 Å². The number of amides is 2. The van der Waals surface area contributed by atoms with Crippen LogP contribution in [0.15, 0.2) is 48.5 Å². The summed E-state index contributed by atoms with van der Waals surface area (Å²) < 4.78 is 38.9. The average molecular weight is 903 g/mol. The summed E-state index contributed by atoms with van der Waals surface area (Å²) in [6, 6.07) is 15.1. The zero-order valence-electron chi connectivity index (χ0n) is 39.1. The number of unbranched alkanes of at least 4 members (excludes halogenated alkanes) is 2. The lowest BCUT2D eigenvalue weighted by molar-refractivity contribution is -0.577. The first-order chi connectivity index (χ1) is 31.3. The third-order valence-corrected chi connectivity index (χ3v) is 16.9. The van der Waals surface area contributed by atoms with Crippen molar-refractivity contribution in [2.24, 2.45) is 47.3 Å². The third kappa shape index (κ3) is 8.39. The minimum atomic E-state index is -0.823. The van der Waals surface area contributed by atoms with Crippen molar-refractivity contribution >= 4 is 11.8 Å². The van der Waals surface area contributed by atoms with E-state index in [2.05, 4.69) is 38.3 Å². The van der Waals surface area contributed by atoms with Gasteiger partial charge in [-0.25, -0.2) is 19.6 Å². The Morgan fingerprint density at radius 1 is 0.554 bits per heavy atom. The van der Waals surface area contributed by atoms with Crippen LogP contribution in [-0.2, 0) is 61.2 Å². The van der Waals surface area contributed by atoms with Gasteiger partial charge in [-0.2, -0.15) is 0 Å². The van der Waals surface area contributed by atoms with E-state index in [0.29, 0.717) is 61.1 Å². The van der Waals surface area contributed by atoms with E-state index >= 15 is 0 Å². The molecule has 2 amide bonds. The second-order valence-corrected chi connectivity index (χ2v) is 21.1. The quantitative estimate of drug-likeness (QED) is 0.138. The molecule has 2 aromatic rings. The maximum atomic E-state index is 12.9. The van der Waals surface area contributed by atoms with E-state index in [-0.39, 0.29) is 35.5 Å². The minimum Gasteiger partial charge on any atom is -0.352 e. The number of carbonyl (C=O) groups is 2. The summed E-state index contributed by atoms with van der Waals surface area (Å²) >= 11 is 0. The molecule has 65 heavy (non-hydrogen) atoms. The van der Waals surface area contributed by atoms with Crippen LogP contribution in [0.1, 0.15) is 144 Å². The molecule has 8 unspecified atom stereocenters. The zero-order valence-corrected chi connectivity index (χ0v) is 39.1. The van der Waals surface area contributed by atoms with Crippen molar-refractivity contribution in [3.05, 3.63) is 70.8 Å². The van der Waals surface area contributed by atoms with Crippen LogP contribution in [0, 0.1) is 47.3 Å². The minimum absolute atomic E-state index is 0.0935. The highest BCUT2D eigenvalue weighted by Crippen LogP contribution is 2.62. The molecule has 4 bridgehead atoms. The highest BCUT2D eigenvalue weighted by atomic mass is 17.3.